The quantitative estimate of drug-likeness (QED) is 0.647. The molecule has 0 fully saturated rings. The van der Waals surface area contributed by atoms with Crippen LogP contribution < -0.4 is 10.2 Å². The molecule has 1 unspecified atom stereocenters. The molecule has 0 amide bonds. The zero-order chi connectivity index (χ0) is 14.5. The Morgan fingerprint density at radius 1 is 1.45 bits per heavy atom. The molecule has 1 atom stereocenters. The molecule has 108 valence electrons. The van der Waals surface area contributed by atoms with E-state index >= 15 is 0 Å². The van der Waals surface area contributed by atoms with Crippen LogP contribution in [0.5, 0.6) is 0 Å². The molecule has 2 aromatic rings. The van der Waals surface area contributed by atoms with Gasteiger partial charge in [0.25, 0.3) is 0 Å². The van der Waals surface area contributed by atoms with Crippen molar-refractivity contribution in [3.63, 3.8) is 0 Å². The Balaban J connectivity index is 2.28. The number of thiophene rings is 1. The lowest BCUT2D eigenvalue weighted by Crippen LogP contribution is -2.22. The third-order valence-electron chi connectivity index (χ3n) is 3.13. The molecule has 0 aliphatic carbocycles. The molecule has 0 aliphatic rings. The van der Waals surface area contributed by atoms with E-state index in [4.69, 9.17) is 0 Å². The van der Waals surface area contributed by atoms with Crippen LogP contribution in [0, 0.1) is 0 Å². The number of hydrogen-bond acceptors (Lipinski definition) is 6. The van der Waals surface area contributed by atoms with E-state index < -0.39 is 0 Å². The average molecular weight is 308 g/mol. The van der Waals surface area contributed by atoms with Gasteiger partial charge in [-0.3, -0.25) is 0 Å². The Kier molecular flexibility index (Phi) is 5.25. The van der Waals surface area contributed by atoms with Gasteiger partial charge in [-0.05, 0) is 31.5 Å². The molecular formula is C14H20N4S2. The van der Waals surface area contributed by atoms with Crippen LogP contribution in [0.3, 0.4) is 0 Å². The minimum absolute atomic E-state index is 0.300. The fraction of sp³-hybridized carbons (Fsp3) is 0.429. The van der Waals surface area contributed by atoms with Crippen molar-refractivity contribution in [2.24, 2.45) is 0 Å². The molecule has 20 heavy (non-hydrogen) atoms. The van der Waals surface area contributed by atoms with Gasteiger partial charge in [0.1, 0.15) is 11.6 Å². The van der Waals surface area contributed by atoms with E-state index in [0.29, 0.717) is 6.04 Å². The Bertz CT molecular complexity index is 542. The molecular weight excluding hydrogens is 288 g/mol. The number of anilines is 2. The van der Waals surface area contributed by atoms with Gasteiger partial charge in [-0.25, -0.2) is 9.97 Å². The smallest absolute Gasteiger partial charge is 0.191 e. The van der Waals surface area contributed by atoms with Crippen molar-refractivity contribution >= 4 is 34.7 Å². The van der Waals surface area contributed by atoms with E-state index in [2.05, 4.69) is 58.6 Å². The standard InChI is InChI=1S/C14H20N4S2/c1-5-15-12-9-13(17-14(16-12)19-4)18(3)10(2)11-7-6-8-20-11/h6-10H,5H2,1-4H3,(H,15,16,17). The predicted molar refractivity (Wildman–Crippen MR) is 89.1 cm³/mol. The first-order valence-corrected chi connectivity index (χ1v) is 8.69. The second-order valence-corrected chi connectivity index (χ2v) is 6.18. The molecule has 0 spiro atoms. The monoisotopic (exact) mass is 308 g/mol. The van der Waals surface area contributed by atoms with Gasteiger partial charge in [-0.2, -0.15) is 0 Å². The van der Waals surface area contributed by atoms with Crippen molar-refractivity contribution in [3.8, 4) is 0 Å². The Hall–Kier alpha value is -1.27. The summed E-state index contributed by atoms with van der Waals surface area (Å²) in [7, 11) is 2.08. The third-order valence-corrected chi connectivity index (χ3v) is 4.72. The Morgan fingerprint density at radius 3 is 2.85 bits per heavy atom. The van der Waals surface area contributed by atoms with Crippen molar-refractivity contribution in [3.05, 3.63) is 28.5 Å². The second-order valence-electron chi connectivity index (χ2n) is 4.43. The molecule has 2 heterocycles. The largest absolute Gasteiger partial charge is 0.370 e. The number of rotatable bonds is 6. The highest BCUT2D eigenvalue weighted by molar-refractivity contribution is 7.98. The molecule has 0 saturated carbocycles. The van der Waals surface area contributed by atoms with Crippen LogP contribution in [0.25, 0.3) is 0 Å². The minimum atomic E-state index is 0.300. The van der Waals surface area contributed by atoms with Crippen molar-refractivity contribution in [1.82, 2.24) is 9.97 Å². The minimum Gasteiger partial charge on any atom is -0.370 e. The van der Waals surface area contributed by atoms with Gasteiger partial charge in [-0.1, -0.05) is 17.8 Å². The van der Waals surface area contributed by atoms with Crippen molar-refractivity contribution in [2.75, 3.05) is 30.1 Å². The summed E-state index contributed by atoms with van der Waals surface area (Å²) in [4.78, 5) is 12.6. The van der Waals surface area contributed by atoms with E-state index in [1.54, 1.807) is 23.1 Å². The molecule has 0 aromatic carbocycles. The first-order chi connectivity index (χ1) is 9.65. The number of thioether (sulfide) groups is 1. The molecule has 2 rings (SSSR count). The lowest BCUT2D eigenvalue weighted by atomic mass is 10.2. The molecule has 2 aromatic heterocycles. The SMILES string of the molecule is CCNc1cc(N(C)C(C)c2cccs2)nc(SC)n1. The first kappa shape index (κ1) is 15.1. The summed E-state index contributed by atoms with van der Waals surface area (Å²) >= 11 is 3.34. The van der Waals surface area contributed by atoms with Crippen LogP contribution in [0.4, 0.5) is 11.6 Å². The van der Waals surface area contributed by atoms with Gasteiger partial charge < -0.3 is 10.2 Å². The zero-order valence-electron chi connectivity index (χ0n) is 12.3. The molecule has 1 N–H and O–H groups in total. The van der Waals surface area contributed by atoms with Crippen LogP contribution in [-0.4, -0.2) is 29.8 Å². The summed E-state index contributed by atoms with van der Waals surface area (Å²) in [5.41, 5.74) is 0. The predicted octanol–water partition coefficient (Wildman–Crippen LogP) is 3.89. The lowest BCUT2D eigenvalue weighted by Gasteiger charge is -2.25. The summed E-state index contributed by atoms with van der Waals surface area (Å²) in [5, 5.41) is 6.17. The van der Waals surface area contributed by atoms with E-state index in [9.17, 15) is 0 Å². The fourth-order valence-corrected chi connectivity index (χ4v) is 3.08. The summed E-state index contributed by atoms with van der Waals surface area (Å²) in [5.74, 6) is 1.83. The van der Waals surface area contributed by atoms with Crippen LogP contribution in [0.15, 0.2) is 28.7 Å². The van der Waals surface area contributed by atoms with Gasteiger partial charge >= 0.3 is 0 Å². The number of nitrogens with zero attached hydrogens (tertiary/aromatic N) is 3. The topological polar surface area (TPSA) is 41.0 Å². The Morgan fingerprint density at radius 2 is 2.25 bits per heavy atom. The highest BCUT2D eigenvalue weighted by atomic mass is 32.2. The van der Waals surface area contributed by atoms with Crippen LogP contribution >= 0.6 is 23.1 Å². The highest BCUT2D eigenvalue weighted by Gasteiger charge is 2.16. The molecule has 6 heteroatoms. The molecule has 0 radical (unpaired) electrons. The normalized spacial score (nSPS) is 12.2. The van der Waals surface area contributed by atoms with Gasteiger partial charge in [0, 0.05) is 24.5 Å². The summed E-state index contributed by atoms with van der Waals surface area (Å²) < 4.78 is 0. The highest BCUT2D eigenvalue weighted by Crippen LogP contribution is 2.29. The number of hydrogen-bond donors (Lipinski definition) is 1. The summed E-state index contributed by atoms with van der Waals surface area (Å²) in [6.07, 6.45) is 2.00. The number of nitrogens with one attached hydrogen (secondary N) is 1. The Labute approximate surface area is 128 Å². The van der Waals surface area contributed by atoms with Crippen LogP contribution in [0.2, 0.25) is 0 Å². The second kappa shape index (κ2) is 6.95. The molecule has 4 nitrogen and oxygen atoms in total. The van der Waals surface area contributed by atoms with E-state index in [0.717, 1.165) is 23.3 Å². The number of aromatic nitrogens is 2. The maximum absolute atomic E-state index is 4.61. The first-order valence-electron chi connectivity index (χ1n) is 6.59. The van der Waals surface area contributed by atoms with Crippen molar-refractivity contribution in [1.29, 1.82) is 0 Å². The van der Waals surface area contributed by atoms with Crippen LogP contribution in [-0.2, 0) is 0 Å². The van der Waals surface area contributed by atoms with Crippen LogP contribution in [0.1, 0.15) is 24.8 Å². The summed E-state index contributed by atoms with van der Waals surface area (Å²) in [6.45, 7) is 5.12. The summed E-state index contributed by atoms with van der Waals surface area (Å²) in [6, 6.07) is 6.55. The van der Waals surface area contributed by atoms with Gasteiger partial charge in [0.2, 0.25) is 0 Å². The zero-order valence-corrected chi connectivity index (χ0v) is 13.9. The molecule has 0 saturated heterocycles. The van der Waals surface area contributed by atoms with Crippen molar-refractivity contribution < 1.29 is 0 Å². The maximum atomic E-state index is 4.61. The average Bonchev–Trinajstić information content (AvgIpc) is 2.99. The lowest BCUT2D eigenvalue weighted by molar-refractivity contribution is 0.732. The van der Waals surface area contributed by atoms with Crippen molar-refractivity contribution in [2.45, 2.75) is 25.0 Å². The molecule has 0 aliphatic heterocycles. The maximum Gasteiger partial charge on any atom is 0.191 e. The van der Waals surface area contributed by atoms with Gasteiger partial charge in [0.05, 0.1) is 6.04 Å². The van der Waals surface area contributed by atoms with E-state index in [1.165, 1.54) is 4.88 Å². The van der Waals surface area contributed by atoms with E-state index in [1.807, 2.05) is 12.3 Å². The van der Waals surface area contributed by atoms with Gasteiger partial charge in [0.15, 0.2) is 5.16 Å². The van der Waals surface area contributed by atoms with Gasteiger partial charge in [-0.15, -0.1) is 11.3 Å². The van der Waals surface area contributed by atoms with E-state index in [-0.39, 0.29) is 0 Å². The molecule has 0 bridgehead atoms. The third kappa shape index (κ3) is 3.43. The fourth-order valence-electron chi connectivity index (χ4n) is 1.87.